The first-order valence-electron chi connectivity index (χ1n) is 6.92. The van der Waals surface area contributed by atoms with Crippen molar-refractivity contribution in [3.8, 4) is 5.75 Å². The quantitative estimate of drug-likeness (QED) is 0.508. The lowest BCUT2D eigenvalue weighted by Crippen LogP contribution is -2.29. The zero-order valence-corrected chi connectivity index (χ0v) is 13.0. The molecular formula is C16H15N3O5. The second-order valence-electron chi connectivity index (χ2n) is 4.86. The number of hydrogen-bond acceptors (Lipinski definition) is 5. The van der Waals surface area contributed by atoms with Crippen molar-refractivity contribution in [3.05, 3.63) is 58.1 Å². The Bertz CT molecular complexity index is 804. The summed E-state index contributed by atoms with van der Waals surface area (Å²) in [4.78, 5) is 34.2. The summed E-state index contributed by atoms with van der Waals surface area (Å²) in [5.41, 5.74) is 1.11. The summed E-state index contributed by atoms with van der Waals surface area (Å²) in [6.45, 7) is 1.79. The Kier molecular flexibility index (Phi) is 5.10. The Hall–Kier alpha value is -3.42. The first-order chi connectivity index (χ1) is 11.4. The molecule has 8 nitrogen and oxygen atoms in total. The smallest absolute Gasteiger partial charge is 0.314 e. The fraction of sp³-hybridized carbons (Fsp3) is 0.125. The number of para-hydroxylation sites is 1. The number of non-ortho nitro benzene ring substituents is 1. The fourth-order valence-corrected chi connectivity index (χ4v) is 1.98. The molecule has 8 heteroatoms. The molecule has 0 aromatic heterocycles. The van der Waals surface area contributed by atoms with Gasteiger partial charge < -0.3 is 15.4 Å². The zero-order chi connectivity index (χ0) is 17.7. The molecule has 0 spiro atoms. The van der Waals surface area contributed by atoms with Crippen molar-refractivity contribution in [3.63, 3.8) is 0 Å². The third kappa shape index (κ3) is 3.86. The number of anilines is 2. The second-order valence-corrected chi connectivity index (χ2v) is 4.86. The molecule has 0 radical (unpaired) electrons. The van der Waals surface area contributed by atoms with Gasteiger partial charge in [-0.3, -0.25) is 19.7 Å². The van der Waals surface area contributed by atoms with Gasteiger partial charge in [0.05, 0.1) is 17.7 Å². The van der Waals surface area contributed by atoms with Crippen LogP contribution in [0.4, 0.5) is 17.1 Å². The van der Waals surface area contributed by atoms with E-state index >= 15 is 0 Å². The van der Waals surface area contributed by atoms with E-state index in [1.165, 1.54) is 19.2 Å². The average Bonchev–Trinajstić information content (AvgIpc) is 2.56. The van der Waals surface area contributed by atoms with E-state index in [2.05, 4.69) is 10.6 Å². The highest BCUT2D eigenvalue weighted by atomic mass is 16.6. The van der Waals surface area contributed by atoms with Gasteiger partial charge in [-0.05, 0) is 24.6 Å². The summed E-state index contributed by atoms with van der Waals surface area (Å²) in [5, 5.41) is 15.6. The third-order valence-electron chi connectivity index (χ3n) is 3.24. The molecule has 0 aliphatic rings. The van der Waals surface area contributed by atoms with Gasteiger partial charge in [-0.15, -0.1) is 0 Å². The first kappa shape index (κ1) is 16.9. The fourth-order valence-electron chi connectivity index (χ4n) is 1.98. The Morgan fingerprint density at radius 2 is 1.67 bits per heavy atom. The Morgan fingerprint density at radius 1 is 1.04 bits per heavy atom. The summed E-state index contributed by atoms with van der Waals surface area (Å²) >= 11 is 0. The number of nitro benzene ring substituents is 1. The Labute approximate surface area is 137 Å². The number of amides is 2. The molecule has 2 amide bonds. The van der Waals surface area contributed by atoms with Crippen molar-refractivity contribution in [1.82, 2.24) is 0 Å². The lowest BCUT2D eigenvalue weighted by Gasteiger charge is -2.11. The van der Waals surface area contributed by atoms with Crippen LogP contribution in [0, 0.1) is 17.0 Å². The van der Waals surface area contributed by atoms with E-state index in [0.29, 0.717) is 5.69 Å². The first-order valence-corrected chi connectivity index (χ1v) is 6.92. The van der Waals surface area contributed by atoms with Gasteiger partial charge in [0.2, 0.25) is 0 Å². The summed E-state index contributed by atoms with van der Waals surface area (Å²) in [5.74, 6) is -1.65. The number of methoxy groups -OCH3 is 1. The third-order valence-corrected chi connectivity index (χ3v) is 3.24. The van der Waals surface area contributed by atoms with Crippen LogP contribution in [0.1, 0.15) is 5.56 Å². The monoisotopic (exact) mass is 329 g/mol. The van der Waals surface area contributed by atoms with Crippen molar-refractivity contribution in [2.75, 3.05) is 17.7 Å². The number of benzene rings is 2. The molecule has 2 rings (SSSR count). The predicted octanol–water partition coefficient (Wildman–Crippen LogP) is 2.49. The molecule has 0 bridgehead atoms. The summed E-state index contributed by atoms with van der Waals surface area (Å²) in [6.07, 6.45) is 0. The molecule has 0 unspecified atom stereocenters. The lowest BCUT2D eigenvalue weighted by molar-refractivity contribution is -0.384. The topological polar surface area (TPSA) is 111 Å². The van der Waals surface area contributed by atoms with E-state index in [0.717, 1.165) is 11.6 Å². The standard InChI is InChI=1S/C16H15N3O5/c1-10-5-3-4-6-12(10)17-15(20)16(21)18-13-9-11(19(22)23)7-8-14(13)24-2/h3-9H,1-2H3,(H,17,20)(H,18,21). The summed E-state index contributed by atoms with van der Waals surface area (Å²) in [6, 6.07) is 10.7. The Morgan fingerprint density at radius 3 is 2.25 bits per heavy atom. The second kappa shape index (κ2) is 7.23. The molecule has 2 N–H and O–H groups in total. The van der Waals surface area contributed by atoms with Gasteiger partial charge >= 0.3 is 11.8 Å². The van der Waals surface area contributed by atoms with Crippen LogP contribution in [0.3, 0.4) is 0 Å². The van der Waals surface area contributed by atoms with Gasteiger partial charge in [-0.25, -0.2) is 0 Å². The van der Waals surface area contributed by atoms with Crippen LogP contribution in [0.2, 0.25) is 0 Å². The van der Waals surface area contributed by atoms with Crippen LogP contribution in [-0.2, 0) is 9.59 Å². The predicted molar refractivity (Wildman–Crippen MR) is 88.1 cm³/mol. The normalized spacial score (nSPS) is 9.92. The molecule has 2 aromatic rings. The van der Waals surface area contributed by atoms with E-state index in [1.807, 2.05) is 0 Å². The maximum Gasteiger partial charge on any atom is 0.314 e. The van der Waals surface area contributed by atoms with E-state index in [1.54, 1.807) is 31.2 Å². The van der Waals surface area contributed by atoms with Crippen molar-refractivity contribution < 1.29 is 19.2 Å². The molecule has 0 saturated heterocycles. The molecule has 124 valence electrons. The molecule has 0 heterocycles. The largest absolute Gasteiger partial charge is 0.495 e. The lowest BCUT2D eigenvalue weighted by atomic mass is 10.2. The van der Waals surface area contributed by atoms with Crippen LogP contribution in [0.5, 0.6) is 5.75 Å². The number of rotatable bonds is 4. The van der Waals surface area contributed by atoms with Crippen molar-refractivity contribution in [1.29, 1.82) is 0 Å². The number of carbonyl (C=O) groups excluding carboxylic acids is 2. The highest BCUT2D eigenvalue weighted by Gasteiger charge is 2.19. The van der Waals surface area contributed by atoms with Crippen molar-refractivity contribution >= 4 is 28.9 Å². The van der Waals surface area contributed by atoms with Crippen molar-refractivity contribution in [2.24, 2.45) is 0 Å². The number of nitrogens with one attached hydrogen (secondary N) is 2. The highest BCUT2D eigenvalue weighted by molar-refractivity contribution is 6.43. The molecule has 0 aliphatic carbocycles. The SMILES string of the molecule is COc1ccc([N+](=O)[O-])cc1NC(=O)C(=O)Nc1ccccc1C. The molecule has 0 aliphatic heterocycles. The molecule has 0 fully saturated rings. The number of nitro groups is 1. The molecular weight excluding hydrogens is 314 g/mol. The van der Waals surface area contributed by atoms with E-state index < -0.39 is 16.7 Å². The van der Waals surface area contributed by atoms with E-state index in [9.17, 15) is 19.7 Å². The number of ether oxygens (including phenoxy) is 1. The van der Waals surface area contributed by atoms with Crippen molar-refractivity contribution in [2.45, 2.75) is 6.92 Å². The maximum atomic E-state index is 12.0. The maximum absolute atomic E-state index is 12.0. The minimum absolute atomic E-state index is 0.0385. The zero-order valence-electron chi connectivity index (χ0n) is 13.0. The summed E-state index contributed by atoms with van der Waals surface area (Å²) in [7, 11) is 1.35. The van der Waals surface area contributed by atoms with Gasteiger partial charge in [-0.1, -0.05) is 18.2 Å². The van der Waals surface area contributed by atoms with Crippen LogP contribution >= 0.6 is 0 Å². The molecule has 0 saturated carbocycles. The van der Waals surface area contributed by atoms with Gasteiger partial charge in [0.1, 0.15) is 5.75 Å². The van der Waals surface area contributed by atoms with E-state index in [-0.39, 0.29) is 17.1 Å². The van der Waals surface area contributed by atoms with Gasteiger partial charge in [0, 0.05) is 17.8 Å². The highest BCUT2D eigenvalue weighted by Crippen LogP contribution is 2.28. The number of nitrogens with zero attached hydrogens (tertiary/aromatic N) is 1. The average molecular weight is 329 g/mol. The number of hydrogen-bond donors (Lipinski definition) is 2. The number of aryl methyl sites for hydroxylation is 1. The minimum atomic E-state index is -0.961. The van der Waals surface area contributed by atoms with Gasteiger partial charge in [0.25, 0.3) is 5.69 Å². The number of carbonyl (C=O) groups is 2. The molecule has 24 heavy (non-hydrogen) atoms. The minimum Gasteiger partial charge on any atom is -0.495 e. The molecule has 0 atom stereocenters. The van der Waals surface area contributed by atoms with Crippen LogP contribution in [-0.4, -0.2) is 23.8 Å². The summed E-state index contributed by atoms with van der Waals surface area (Å²) < 4.78 is 5.03. The van der Waals surface area contributed by atoms with Crippen LogP contribution in [0.15, 0.2) is 42.5 Å². The van der Waals surface area contributed by atoms with Crippen LogP contribution < -0.4 is 15.4 Å². The van der Waals surface area contributed by atoms with E-state index in [4.69, 9.17) is 4.74 Å². The van der Waals surface area contributed by atoms with Gasteiger partial charge in [-0.2, -0.15) is 0 Å². The molecule has 2 aromatic carbocycles. The van der Waals surface area contributed by atoms with Gasteiger partial charge in [0.15, 0.2) is 0 Å². The van der Waals surface area contributed by atoms with Crippen LogP contribution in [0.25, 0.3) is 0 Å². The Balaban J connectivity index is 2.16.